The zero-order chi connectivity index (χ0) is 19.3. The van der Waals surface area contributed by atoms with Crippen molar-refractivity contribution in [2.45, 2.75) is 0 Å². The molecule has 1 amide bonds. The van der Waals surface area contributed by atoms with Gasteiger partial charge in [0.15, 0.2) is 6.61 Å². The van der Waals surface area contributed by atoms with Crippen molar-refractivity contribution in [3.63, 3.8) is 0 Å². The molecule has 134 valence electrons. The summed E-state index contributed by atoms with van der Waals surface area (Å²) in [6.45, 7) is -0.760. The average Bonchev–Trinajstić information content (AvgIpc) is 2.61. The minimum Gasteiger partial charge on any atom is -0.452 e. The van der Waals surface area contributed by atoms with Gasteiger partial charge in [0, 0.05) is 18.2 Å². The molecule has 2 aromatic carbocycles. The minimum atomic E-state index is -1.06. The van der Waals surface area contributed by atoms with Crippen molar-refractivity contribution in [1.82, 2.24) is 0 Å². The van der Waals surface area contributed by atoms with Gasteiger partial charge in [0.2, 0.25) is 0 Å². The summed E-state index contributed by atoms with van der Waals surface area (Å²) in [6, 6.07) is 8.54. The van der Waals surface area contributed by atoms with Crippen LogP contribution in [0.3, 0.4) is 0 Å². The number of para-hydroxylation sites is 1. The number of anilines is 1. The van der Waals surface area contributed by atoms with E-state index in [1.165, 1.54) is 24.3 Å². The summed E-state index contributed by atoms with van der Waals surface area (Å²) < 4.78 is 4.74. The number of hydrogen-bond donors (Lipinski definition) is 1. The van der Waals surface area contributed by atoms with Gasteiger partial charge < -0.3 is 10.1 Å². The fourth-order valence-corrected chi connectivity index (χ4v) is 2.09. The molecule has 0 spiro atoms. The third-order valence-corrected chi connectivity index (χ3v) is 3.42. The van der Waals surface area contributed by atoms with Gasteiger partial charge in [-0.25, -0.2) is 4.79 Å². The SMILES string of the molecule is O=C(COC(=O)c1ccccc1[N+](=O)[O-])Nc1cc([N+](=O)[O-])ccc1Cl. The number of nitro groups is 2. The number of esters is 1. The molecule has 11 heteroatoms. The monoisotopic (exact) mass is 379 g/mol. The third kappa shape index (κ3) is 4.51. The Morgan fingerprint density at radius 3 is 2.42 bits per heavy atom. The van der Waals surface area contributed by atoms with E-state index >= 15 is 0 Å². The Hall–Kier alpha value is -3.53. The highest BCUT2D eigenvalue weighted by Gasteiger charge is 2.21. The first-order chi connectivity index (χ1) is 12.3. The predicted molar refractivity (Wildman–Crippen MR) is 90.1 cm³/mol. The summed E-state index contributed by atoms with van der Waals surface area (Å²) in [7, 11) is 0. The van der Waals surface area contributed by atoms with Crippen LogP contribution < -0.4 is 5.32 Å². The van der Waals surface area contributed by atoms with Crippen LogP contribution in [0.15, 0.2) is 42.5 Å². The van der Waals surface area contributed by atoms with E-state index in [1.807, 2.05) is 0 Å². The summed E-state index contributed by atoms with van der Waals surface area (Å²) in [5.41, 5.74) is -1.09. The molecule has 0 aromatic heterocycles. The lowest BCUT2D eigenvalue weighted by Crippen LogP contribution is -2.21. The molecule has 0 aliphatic carbocycles. The summed E-state index contributed by atoms with van der Waals surface area (Å²) in [5.74, 6) is -1.88. The number of non-ortho nitro benzene ring substituents is 1. The number of amides is 1. The first-order valence-corrected chi connectivity index (χ1v) is 7.31. The fourth-order valence-electron chi connectivity index (χ4n) is 1.92. The molecule has 0 aliphatic heterocycles. The largest absolute Gasteiger partial charge is 0.452 e. The van der Waals surface area contributed by atoms with Crippen molar-refractivity contribution in [3.05, 3.63) is 73.3 Å². The van der Waals surface area contributed by atoms with Crippen LogP contribution in [0.4, 0.5) is 17.1 Å². The van der Waals surface area contributed by atoms with Gasteiger partial charge in [-0.05, 0) is 12.1 Å². The smallest absolute Gasteiger partial charge is 0.345 e. The first-order valence-electron chi connectivity index (χ1n) is 6.94. The standard InChI is InChI=1S/C15H10ClN3O7/c16-11-6-5-9(18(22)23)7-12(11)17-14(20)8-26-15(21)10-3-1-2-4-13(10)19(24)25/h1-7H,8H2,(H,17,20). The first kappa shape index (κ1) is 18.8. The summed E-state index contributed by atoms with van der Waals surface area (Å²) in [5, 5.41) is 23.9. The third-order valence-electron chi connectivity index (χ3n) is 3.09. The van der Waals surface area contributed by atoms with Crippen LogP contribution in [0.2, 0.25) is 5.02 Å². The summed E-state index contributed by atoms with van der Waals surface area (Å²) >= 11 is 5.84. The van der Waals surface area contributed by atoms with Crippen LogP contribution in [-0.2, 0) is 9.53 Å². The van der Waals surface area contributed by atoms with Crippen LogP contribution in [0.5, 0.6) is 0 Å². The normalized spacial score (nSPS) is 10.0. The zero-order valence-corrected chi connectivity index (χ0v) is 13.6. The Kier molecular flexibility index (Phi) is 5.81. The number of carbonyl (C=O) groups is 2. The molecule has 10 nitrogen and oxygen atoms in total. The summed E-state index contributed by atoms with van der Waals surface area (Å²) in [6.07, 6.45) is 0. The molecule has 0 heterocycles. The van der Waals surface area contributed by atoms with E-state index in [2.05, 4.69) is 5.32 Å². The van der Waals surface area contributed by atoms with Crippen LogP contribution in [-0.4, -0.2) is 28.3 Å². The van der Waals surface area contributed by atoms with Crippen LogP contribution >= 0.6 is 11.6 Å². The number of nitrogens with one attached hydrogen (secondary N) is 1. The van der Waals surface area contributed by atoms with Crippen molar-refractivity contribution in [2.75, 3.05) is 11.9 Å². The minimum absolute atomic E-state index is 0.0346. The molecular weight excluding hydrogens is 370 g/mol. The molecule has 0 bridgehead atoms. The molecule has 0 atom stereocenters. The van der Waals surface area contributed by atoms with Gasteiger partial charge in [-0.1, -0.05) is 23.7 Å². The number of nitro benzene ring substituents is 2. The van der Waals surface area contributed by atoms with E-state index in [4.69, 9.17) is 16.3 Å². The van der Waals surface area contributed by atoms with Crippen molar-refractivity contribution >= 4 is 40.5 Å². The lowest BCUT2D eigenvalue weighted by Gasteiger charge is -2.08. The fraction of sp³-hybridized carbons (Fsp3) is 0.0667. The highest BCUT2D eigenvalue weighted by molar-refractivity contribution is 6.33. The maximum atomic E-state index is 11.9. The van der Waals surface area contributed by atoms with E-state index in [0.717, 1.165) is 18.2 Å². The van der Waals surface area contributed by atoms with Crippen LogP contribution in [0.1, 0.15) is 10.4 Å². The topological polar surface area (TPSA) is 142 Å². The molecule has 26 heavy (non-hydrogen) atoms. The number of hydrogen-bond acceptors (Lipinski definition) is 7. The quantitative estimate of drug-likeness (QED) is 0.461. The Labute approximate surface area is 150 Å². The maximum Gasteiger partial charge on any atom is 0.345 e. The van der Waals surface area contributed by atoms with Gasteiger partial charge in [-0.3, -0.25) is 25.0 Å². The van der Waals surface area contributed by atoms with E-state index in [1.54, 1.807) is 0 Å². The zero-order valence-electron chi connectivity index (χ0n) is 12.9. The lowest BCUT2D eigenvalue weighted by molar-refractivity contribution is -0.385. The number of ether oxygens (including phenoxy) is 1. The highest BCUT2D eigenvalue weighted by Crippen LogP contribution is 2.26. The second-order valence-electron chi connectivity index (χ2n) is 4.82. The molecular formula is C15H10ClN3O7. The molecule has 1 N–H and O–H groups in total. The van der Waals surface area contributed by atoms with Gasteiger partial charge in [0.1, 0.15) is 5.56 Å². The second kappa shape index (κ2) is 8.03. The highest BCUT2D eigenvalue weighted by atomic mass is 35.5. The van der Waals surface area contributed by atoms with Crippen LogP contribution in [0.25, 0.3) is 0 Å². The molecule has 2 aromatic rings. The molecule has 0 saturated carbocycles. The van der Waals surface area contributed by atoms with E-state index in [-0.39, 0.29) is 22.0 Å². The van der Waals surface area contributed by atoms with Crippen molar-refractivity contribution in [2.24, 2.45) is 0 Å². The Bertz CT molecular complexity index is 901. The van der Waals surface area contributed by atoms with Gasteiger partial charge in [0.25, 0.3) is 17.3 Å². The Morgan fingerprint density at radius 2 is 1.77 bits per heavy atom. The number of benzene rings is 2. The average molecular weight is 380 g/mol. The van der Waals surface area contributed by atoms with Gasteiger partial charge in [0.05, 0.1) is 20.6 Å². The summed E-state index contributed by atoms with van der Waals surface area (Å²) in [4.78, 5) is 44.0. The number of halogens is 1. The second-order valence-corrected chi connectivity index (χ2v) is 5.23. The number of rotatable bonds is 6. The van der Waals surface area contributed by atoms with E-state index in [9.17, 15) is 29.8 Å². The lowest BCUT2D eigenvalue weighted by atomic mass is 10.2. The number of nitrogens with zero attached hydrogens (tertiary/aromatic N) is 2. The van der Waals surface area contributed by atoms with Gasteiger partial charge in [-0.2, -0.15) is 0 Å². The predicted octanol–water partition coefficient (Wildman–Crippen LogP) is 2.95. The van der Waals surface area contributed by atoms with Gasteiger partial charge in [-0.15, -0.1) is 0 Å². The van der Waals surface area contributed by atoms with E-state index in [0.29, 0.717) is 0 Å². The Morgan fingerprint density at radius 1 is 1.08 bits per heavy atom. The molecule has 0 fully saturated rings. The Balaban J connectivity index is 2.04. The van der Waals surface area contributed by atoms with Gasteiger partial charge >= 0.3 is 5.97 Å². The molecule has 0 saturated heterocycles. The number of carbonyl (C=O) groups excluding carboxylic acids is 2. The van der Waals surface area contributed by atoms with E-state index < -0.39 is 34.0 Å². The molecule has 0 unspecified atom stereocenters. The van der Waals surface area contributed by atoms with Crippen molar-refractivity contribution in [1.29, 1.82) is 0 Å². The molecule has 2 rings (SSSR count). The van der Waals surface area contributed by atoms with Crippen molar-refractivity contribution < 1.29 is 24.2 Å². The van der Waals surface area contributed by atoms with Crippen molar-refractivity contribution in [3.8, 4) is 0 Å². The van der Waals surface area contributed by atoms with Crippen LogP contribution in [0, 0.1) is 20.2 Å². The maximum absolute atomic E-state index is 11.9. The molecule has 0 aliphatic rings. The molecule has 0 radical (unpaired) electrons.